The van der Waals surface area contributed by atoms with Gasteiger partial charge in [-0.15, -0.1) is 0 Å². The van der Waals surface area contributed by atoms with Crippen LogP contribution in [0.1, 0.15) is 16.8 Å². The fraction of sp³-hybridized carbons (Fsp3) is 0.261. The molecule has 0 fully saturated rings. The number of aryl methyl sites for hydroxylation is 2. The third-order valence-corrected chi connectivity index (χ3v) is 4.84. The van der Waals surface area contributed by atoms with E-state index in [0.717, 1.165) is 5.56 Å². The van der Waals surface area contributed by atoms with Crippen molar-refractivity contribution in [3.63, 3.8) is 0 Å². The van der Waals surface area contributed by atoms with E-state index in [1.54, 1.807) is 25.1 Å². The summed E-state index contributed by atoms with van der Waals surface area (Å²) in [6.45, 7) is 2.96. The minimum absolute atomic E-state index is 0.106. The monoisotopic (exact) mass is 425 g/mol. The number of nitrogens with zero attached hydrogens (tertiary/aromatic N) is 2. The Morgan fingerprint density at radius 1 is 1.23 bits per heavy atom. The average molecular weight is 425 g/mol. The highest BCUT2D eigenvalue weighted by Crippen LogP contribution is 2.25. The molecule has 8 heteroatoms. The summed E-state index contributed by atoms with van der Waals surface area (Å²) in [6.07, 6.45) is 0.106. The van der Waals surface area contributed by atoms with Crippen molar-refractivity contribution in [2.45, 2.75) is 26.8 Å². The fourth-order valence-corrected chi connectivity index (χ4v) is 3.35. The number of amides is 1. The predicted molar refractivity (Wildman–Crippen MR) is 116 cm³/mol. The van der Waals surface area contributed by atoms with Crippen LogP contribution < -0.4 is 15.6 Å². The number of hydrogen-bond acceptors (Lipinski definition) is 5. The number of carbonyl (C=O) groups excluding carboxylic acids is 1. The fourth-order valence-electron chi connectivity index (χ4n) is 3.35. The molecule has 0 spiro atoms. The minimum atomic E-state index is -0.482. The van der Waals surface area contributed by atoms with Crippen molar-refractivity contribution >= 4 is 11.6 Å². The van der Waals surface area contributed by atoms with Gasteiger partial charge in [0.1, 0.15) is 23.9 Å². The second kappa shape index (κ2) is 9.53. The summed E-state index contributed by atoms with van der Waals surface area (Å²) < 4.78 is 20.3. The lowest BCUT2D eigenvalue weighted by Crippen LogP contribution is -2.33. The number of aliphatic hydroxyl groups is 1. The van der Waals surface area contributed by atoms with E-state index in [0.29, 0.717) is 28.3 Å². The smallest absolute Gasteiger partial charge is 0.257 e. The zero-order valence-corrected chi connectivity index (χ0v) is 17.6. The van der Waals surface area contributed by atoms with Crippen LogP contribution in [-0.4, -0.2) is 34.3 Å². The van der Waals surface area contributed by atoms with Gasteiger partial charge in [0.25, 0.3) is 5.56 Å². The number of methoxy groups -OCH3 is 1. The topological polar surface area (TPSA) is 93.4 Å². The van der Waals surface area contributed by atoms with Gasteiger partial charge in [-0.2, -0.15) is 0 Å². The van der Waals surface area contributed by atoms with Crippen LogP contribution in [-0.2, 0) is 17.8 Å². The Labute approximate surface area is 179 Å². The number of aromatic nitrogens is 2. The molecule has 31 heavy (non-hydrogen) atoms. The van der Waals surface area contributed by atoms with E-state index in [9.17, 15) is 19.1 Å². The maximum Gasteiger partial charge on any atom is 0.257 e. The lowest BCUT2D eigenvalue weighted by molar-refractivity contribution is -0.116. The van der Waals surface area contributed by atoms with Crippen LogP contribution in [0.15, 0.2) is 47.3 Å². The van der Waals surface area contributed by atoms with Gasteiger partial charge in [0.05, 0.1) is 12.8 Å². The summed E-state index contributed by atoms with van der Waals surface area (Å²) in [5.41, 5.74) is 2.06. The molecule has 0 saturated carbocycles. The molecule has 1 amide bonds. The van der Waals surface area contributed by atoms with Crippen LogP contribution in [0.4, 0.5) is 10.1 Å². The van der Waals surface area contributed by atoms with Gasteiger partial charge in [0.15, 0.2) is 0 Å². The lowest BCUT2D eigenvalue weighted by Gasteiger charge is -2.16. The van der Waals surface area contributed by atoms with Crippen molar-refractivity contribution in [2.75, 3.05) is 19.0 Å². The van der Waals surface area contributed by atoms with Gasteiger partial charge < -0.3 is 15.2 Å². The number of aliphatic hydroxyl groups excluding tert-OH is 1. The molecular weight excluding hydrogens is 401 g/mol. The van der Waals surface area contributed by atoms with Crippen LogP contribution in [0, 0.1) is 19.7 Å². The summed E-state index contributed by atoms with van der Waals surface area (Å²) in [5.74, 6) is -0.289. The molecule has 0 aliphatic heterocycles. The predicted octanol–water partition coefficient (Wildman–Crippen LogP) is 2.85. The van der Waals surface area contributed by atoms with Crippen molar-refractivity contribution in [1.29, 1.82) is 0 Å². The van der Waals surface area contributed by atoms with Crippen LogP contribution in [0.25, 0.3) is 11.4 Å². The van der Waals surface area contributed by atoms with Gasteiger partial charge >= 0.3 is 0 Å². The molecule has 2 N–H and O–H groups in total. The first-order chi connectivity index (χ1) is 14.8. The molecule has 162 valence electrons. The van der Waals surface area contributed by atoms with E-state index in [1.807, 2.05) is 13.0 Å². The molecule has 0 radical (unpaired) electrons. The van der Waals surface area contributed by atoms with Crippen molar-refractivity contribution in [1.82, 2.24) is 9.55 Å². The summed E-state index contributed by atoms with van der Waals surface area (Å²) >= 11 is 0. The van der Waals surface area contributed by atoms with Gasteiger partial charge in [0, 0.05) is 29.8 Å². The SMILES string of the molecule is COc1ccc(C)cc1NC(=O)Cn1c(-c2cccc(F)c2)nc(C)c(CCO)c1=O. The van der Waals surface area contributed by atoms with Gasteiger partial charge in [-0.05, 0) is 43.7 Å². The second-order valence-electron chi connectivity index (χ2n) is 7.13. The Hall–Kier alpha value is -3.52. The molecule has 0 aliphatic carbocycles. The molecule has 3 rings (SSSR count). The van der Waals surface area contributed by atoms with Crippen LogP contribution in [0.3, 0.4) is 0 Å². The van der Waals surface area contributed by atoms with Gasteiger partial charge in [-0.3, -0.25) is 14.2 Å². The largest absolute Gasteiger partial charge is 0.495 e. The Morgan fingerprint density at radius 3 is 2.68 bits per heavy atom. The Kier molecular flexibility index (Phi) is 6.81. The van der Waals surface area contributed by atoms with Crippen molar-refractivity contribution < 1.29 is 19.0 Å². The number of carbonyl (C=O) groups is 1. The number of anilines is 1. The van der Waals surface area contributed by atoms with Crippen LogP contribution in [0.5, 0.6) is 5.75 Å². The van der Waals surface area contributed by atoms with Crippen LogP contribution >= 0.6 is 0 Å². The summed E-state index contributed by atoms with van der Waals surface area (Å²) in [7, 11) is 1.50. The molecule has 0 bridgehead atoms. The standard InChI is InChI=1S/C23H24FN3O4/c1-14-7-8-20(31-3)19(11-14)26-21(29)13-27-22(16-5-4-6-17(24)12-16)25-15(2)18(9-10-28)23(27)30/h4-8,11-12,28H,9-10,13H2,1-3H3,(H,26,29). The van der Waals surface area contributed by atoms with Crippen molar-refractivity contribution in [2.24, 2.45) is 0 Å². The number of ether oxygens (including phenoxy) is 1. The highest BCUT2D eigenvalue weighted by atomic mass is 19.1. The third kappa shape index (κ3) is 4.97. The summed E-state index contributed by atoms with van der Waals surface area (Å²) in [4.78, 5) is 30.4. The molecule has 7 nitrogen and oxygen atoms in total. The number of benzene rings is 2. The average Bonchev–Trinajstić information content (AvgIpc) is 2.73. The van der Waals surface area contributed by atoms with Crippen LogP contribution in [0.2, 0.25) is 0 Å². The molecule has 0 atom stereocenters. The van der Waals surface area contributed by atoms with Gasteiger partial charge in [-0.25, -0.2) is 9.37 Å². The van der Waals surface area contributed by atoms with E-state index in [2.05, 4.69) is 10.3 Å². The lowest BCUT2D eigenvalue weighted by atomic mass is 10.1. The maximum atomic E-state index is 13.8. The Balaban J connectivity index is 2.04. The number of halogens is 1. The Morgan fingerprint density at radius 2 is 2.00 bits per heavy atom. The van der Waals surface area contributed by atoms with E-state index < -0.39 is 17.3 Å². The molecule has 1 aromatic heterocycles. The van der Waals surface area contributed by atoms with E-state index in [-0.39, 0.29) is 25.4 Å². The van der Waals surface area contributed by atoms with Gasteiger partial charge in [0.2, 0.25) is 5.91 Å². The second-order valence-corrected chi connectivity index (χ2v) is 7.13. The maximum absolute atomic E-state index is 13.8. The quantitative estimate of drug-likeness (QED) is 0.607. The normalized spacial score (nSPS) is 10.7. The van der Waals surface area contributed by atoms with E-state index in [1.165, 1.54) is 29.9 Å². The highest BCUT2D eigenvalue weighted by molar-refractivity contribution is 5.92. The summed E-state index contributed by atoms with van der Waals surface area (Å²) in [6, 6.07) is 11.0. The summed E-state index contributed by atoms with van der Waals surface area (Å²) in [5, 5.41) is 12.1. The van der Waals surface area contributed by atoms with Gasteiger partial charge in [-0.1, -0.05) is 18.2 Å². The number of rotatable bonds is 7. The number of hydrogen-bond donors (Lipinski definition) is 2. The van der Waals surface area contributed by atoms with Crippen molar-refractivity contribution in [3.8, 4) is 17.1 Å². The first kappa shape index (κ1) is 22.2. The molecule has 3 aromatic rings. The zero-order chi connectivity index (χ0) is 22.5. The Bertz CT molecular complexity index is 1170. The first-order valence-corrected chi connectivity index (χ1v) is 9.75. The molecular formula is C23H24FN3O4. The highest BCUT2D eigenvalue weighted by Gasteiger charge is 2.19. The molecule has 0 unspecified atom stereocenters. The molecule has 2 aromatic carbocycles. The minimum Gasteiger partial charge on any atom is -0.495 e. The molecule has 0 aliphatic rings. The first-order valence-electron chi connectivity index (χ1n) is 9.75. The van der Waals surface area contributed by atoms with Crippen molar-refractivity contribution in [3.05, 3.63) is 75.5 Å². The number of nitrogens with one attached hydrogen (secondary N) is 1. The third-order valence-electron chi connectivity index (χ3n) is 4.84. The molecule has 1 heterocycles. The van der Waals surface area contributed by atoms with E-state index in [4.69, 9.17) is 4.74 Å². The van der Waals surface area contributed by atoms with E-state index >= 15 is 0 Å². The molecule has 0 saturated heterocycles. The zero-order valence-electron chi connectivity index (χ0n) is 17.6.